The highest BCUT2D eigenvalue weighted by molar-refractivity contribution is 4.66. The molecule has 0 aromatic heterocycles. The maximum absolute atomic E-state index is 2.47. The lowest BCUT2D eigenvalue weighted by molar-refractivity contribution is 0.295. The summed E-state index contributed by atoms with van der Waals surface area (Å²) in [4.78, 5) is 0. The zero-order valence-electron chi connectivity index (χ0n) is 15.5. The Morgan fingerprint density at radius 1 is 0.550 bits per heavy atom. The first-order valence-corrected chi connectivity index (χ1v) is 9.35. The van der Waals surface area contributed by atoms with Crippen molar-refractivity contribution in [1.82, 2.24) is 0 Å². The first kappa shape index (κ1) is 20.0. The van der Waals surface area contributed by atoms with Crippen LogP contribution in [0.15, 0.2) is 0 Å². The molecule has 0 nitrogen and oxygen atoms in total. The molecule has 0 bridgehead atoms. The summed E-state index contributed by atoms with van der Waals surface area (Å²) < 4.78 is 0. The van der Waals surface area contributed by atoms with Crippen molar-refractivity contribution in [3.05, 3.63) is 0 Å². The summed E-state index contributed by atoms with van der Waals surface area (Å²) in [6.07, 6.45) is 11.3. The van der Waals surface area contributed by atoms with Crippen LogP contribution in [-0.4, -0.2) is 0 Å². The average molecular weight is 283 g/mol. The van der Waals surface area contributed by atoms with Crippen molar-refractivity contribution in [2.45, 2.75) is 99.8 Å². The lowest BCUT2D eigenvalue weighted by Crippen LogP contribution is -2.10. The fourth-order valence-electron chi connectivity index (χ4n) is 3.75. The molecule has 20 heavy (non-hydrogen) atoms. The van der Waals surface area contributed by atoms with Crippen LogP contribution in [0.4, 0.5) is 0 Å². The van der Waals surface area contributed by atoms with Gasteiger partial charge < -0.3 is 0 Å². The van der Waals surface area contributed by atoms with E-state index < -0.39 is 0 Å². The minimum Gasteiger partial charge on any atom is -0.0654 e. The van der Waals surface area contributed by atoms with Gasteiger partial charge in [-0.2, -0.15) is 0 Å². The molecule has 0 fully saturated rings. The fraction of sp³-hybridized carbons (Fsp3) is 1.00. The highest BCUT2D eigenvalue weighted by Crippen LogP contribution is 2.27. The first-order valence-electron chi connectivity index (χ1n) is 9.35. The van der Waals surface area contributed by atoms with Crippen LogP contribution in [-0.2, 0) is 0 Å². The van der Waals surface area contributed by atoms with Gasteiger partial charge in [0, 0.05) is 0 Å². The molecule has 0 spiro atoms. The molecule has 0 radical (unpaired) electrons. The van der Waals surface area contributed by atoms with Crippen LogP contribution in [0, 0.1) is 29.6 Å². The van der Waals surface area contributed by atoms with Crippen LogP contribution in [0.25, 0.3) is 0 Å². The Bertz CT molecular complexity index is 206. The SMILES string of the molecule is CCCCC(C)CCC(C)CC(C)CC(C)CC(C)C. The van der Waals surface area contributed by atoms with Crippen LogP contribution in [0.3, 0.4) is 0 Å². The van der Waals surface area contributed by atoms with Crippen molar-refractivity contribution in [2.24, 2.45) is 29.6 Å². The van der Waals surface area contributed by atoms with Gasteiger partial charge >= 0.3 is 0 Å². The maximum Gasteiger partial charge on any atom is -0.0438 e. The van der Waals surface area contributed by atoms with Crippen molar-refractivity contribution in [3.8, 4) is 0 Å². The molecule has 0 rings (SSSR count). The molecule has 122 valence electrons. The molecule has 0 aliphatic carbocycles. The number of hydrogen-bond acceptors (Lipinski definition) is 0. The quantitative estimate of drug-likeness (QED) is 0.351. The van der Waals surface area contributed by atoms with E-state index in [4.69, 9.17) is 0 Å². The van der Waals surface area contributed by atoms with E-state index in [1.807, 2.05) is 0 Å². The molecule has 0 saturated heterocycles. The second kappa shape index (κ2) is 11.6. The van der Waals surface area contributed by atoms with Gasteiger partial charge in [-0.05, 0) is 48.9 Å². The number of rotatable bonds is 12. The normalized spacial score (nSPS) is 18.0. The highest BCUT2D eigenvalue weighted by Gasteiger charge is 2.14. The van der Waals surface area contributed by atoms with Crippen molar-refractivity contribution < 1.29 is 0 Å². The van der Waals surface area contributed by atoms with Gasteiger partial charge in [-0.3, -0.25) is 0 Å². The molecule has 4 atom stereocenters. The van der Waals surface area contributed by atoms with Crippen LogP contribution in [0.1, 0.15) is 99.8 Å². The molecule has 0 aliphatic heterocycles. The Balaban J connectivity index is 3.75. The second-order valence-corrected chi connectivity index (χ2v) is 8.24. The Hall–Kier alpha value is 0. The minimum absolute atomic E-state index is 0.856. The van der Waals surface area contributed by atoms with E-state index in [9.17, 15) is 0 Å². The van der Waals surface area contributed by atoms with Crippen molar-refractivity contribution in [1.29, 1.82) is 0 Å². The summed E-state index contributed by atoms with van der Waals surface area (Å²) in [5.74, 6) is 4.52. The molecular weight excluding hydrogens is 240 g/mol. The van der Waals surface area contributed by atoms with E-state index in [1.54, 1.807) is 0 Å². The lowest BCUT2D eigenvalue weighted by atomic mass is 9.84. The van der Waals surface area contributed by atoms with Crippen LogP contribution in [0.5, 0.6) is 0 Å². The predicted molar refractivity (Wildman–Crippen MR) is 94.1 cm³/mol. The Labute approximate surface area is 130 Å². The number of unbranched alkanes of at least 4 members (excludes halogenated alkanes) is 1. The zero-order chi connectivity index (χ0) is 15.5. The molecule has 0 amide bonds. The molecule has 0 aromatic rings. The summed E-state index contributed by atoms with van der Waals surface area (Å²) >= 11 is 0. The molecule has 0 aromatic carbocycles. The summed E-state index contributed by atoms with van der Waals surface area (Å²) in [7, 11) is 0. The Morgan fingerprint density at radius 2 is 1.05 bits per heavy atom. The van der Waals surface area contributed by atoms with Gasteiger partial charge in [0.2, 0.25) is 0 Å². The van der Waals surface area contributed by atoms with E-state index in [-0.39, 0.29) is 0 Å². The third kappa shape index (κ3) is 11.8. The van der Waals surface area contributed by atoms with Gasteiger partial charge in [0.1, 0.15) is 0 Å². The molecule has 0 heteroatoms. The first-order chi connectivity index (χ1) is 9.35. The average Bonchev–Trinajstić information content (AvgIpc) is 2.32. The van der Waals surface area contributed by atoms with E-state index >= 15 is 0 Å². The van der Waals surface area contributed by atoms with E-state index in [1.165, 1.54) is 51.4 Å². The van der Waals surface area contributed by atoms with E-state index in [0.29, 0.717) is 0 Å². The topological polar surface area (TPSA) is 0 Å². The Kier molecular flexibility index (Phi) is 11.6. The Morgan fingerprint density at radius 3 is 1.60 bits per heavy atom. The van der Waals surface area contributed by atoms with Gasteiger partial charge in [-0.25, -0.2) is 0 Å². The smallest absolute Gasteiger partial charge is 0.0438 e. The van der Waals surface area contributed by atoms with E-state index in [0.717, 1.165) is 29.6 Å². The molecule has 0 aliphatic rings. The highest BCUT2D eigenvalue weighted by atomic mass is 14.2. The fourth-order valence-corrected chi connectivity index (χ4v) is 3.75. The molecule has 0 saturated carbocycles. The summed E-state index contributed by atoms with van der Waals surface area (Å²) in [6, 6.07) is 0. The molecule has 4 unspecified atom stereocenters. The van der Waals surface area contributed by atoms with Gasteiger partial charge in [0.25, 0.3) is 0 Å². The standard InChI is InChI=1S/C20H42/c1-8-9-10-17(4)11-12-18(5)14-20(7)15-19(6)13-16(2)3/h16-20H,8-15H2,1-7H3. The van der Waals surface area contributed by atoms with Gasteiger partial charge in [0.05, 0.1) is 0 Å². The van der Waals surface area contributed by atoms with Crippen LogP contribution in [0.2, 0.25) is 0 Å². The van der Waals surface area contributed by atoms with Crippen molar-refractivity contribution in [3.63, 3.8) is 0 Å². The van der Waals surface area contributed by atoms with Crippen LogP contribution < -0.4 is 0 Å². The largest absolute Gasteiger partial charge is 0.0654 e. The van der Waals surface area contributed by atoms with Gasteiger partial charge in [-0.1, -0.05) is 80.6 Å². The molecular formula is C20H42. The third-order valence-corrected chi connectivity index (χ3v) is 4.69. The minimum atomic E-state index is 0.856. The summed E-state index contributed by atoms with van der Waals surface area (Å²) in [5.41, 5.74) is 0. The van der Waals surface area contributed by atoms with Crippen molar-refractivity contribution in [2.75, 3.05) is 0 Å². The zero-order valence-corrected chi connectivity index (χ0v) is 15.5. The molecule has 0 heterocycles. The summed E-state index contributed by atoms with van der Waals surface area (Å²) in [6.45, 7) is 16.8. The third-order valence-electron chi connectivity index (χ3n) is 4.69. The second-order valence-electron chi connectivity index (χ2n) is 8.24. The van der Waals surface area contributed by atoms with E-state index in [2.05, 4.69) is 48.5 Å². The van der Waals surface area contributed by atoms with Gasteiger partial charge in [-0.15, -0.1) is 0 Å². The lowest BCUT2D eigenvalue weighted by Gasteiger charge is -2.22. The van der Waals surface area contributed by atoms with Crippen LogP contribution >= 0.6 is 0 Å². The summed E-state index contributed by atoms with van der Waals surface area (Å²) in [5, 5.41) is 0. The monoisotopic (exact) mass is 282 g/mol. The molecule has 0 N–H and O–H groups in total. The number of hydrogen-bond donors (Lipinski definition) is 0. The maximum atomic E-state index is 2.47. The van der Waals surface area contributed by atoms with Crippen molar-refractivity contribution >= 4 is 0 Å². The predicted octanol–water partition coefficient (Wildman–Crippen LogP) is 7.33. The van der Waals surface area contributed by atoms with Gasteiger partial charge in [0.15, 0.2) is 0 Å².